The molecule has 2 nitrogen and oxygen atoms in total. The molecule has 0 bridgehead atoms. The number of rotatable bonds is 5. The Morgan fingerprint density at radius 1 is 1.13 bits per heavy atom. The molecule has 2 aromatic carbocycles. The minimum atomic E-state index is 0.0791. The molecule has 0 spiro atoms. The minimum absolute atomic E-state index is 0.0791. The Morgan fingerprint density at radius 3 is 2.70 bits per heavy atom. The Hall–Kier alpha value is -1.39. The normalized spacial score (nSPS) is 14.8. The van der Waals surface area contributed by atoms with E-state index >= 15 is 0 Å². The first kappa shape index (κ1) is 16.5. The van der Waals surface area contributed by atoms with Gasteiger partial charge in [0.1, 0.15) is 0 Å². The van der Waals surface area contributed by atoms with Crippen LogP contribution in [0.25, 0.3) is 0 Å². The number of amides is 1. The molecule has 1 N–H and O–H groups in total. The van der Waals surface area contributed by atoms with E-state index in [-0.39, 0.29) is 5.91 Å². The highest BCUT2D eigenvalue weighted by molar-refractivity contribution is 8.19. The summed E-state index contributed by atoms with van der Waals surface area (Å²) in [5.41, 5.74) is 4.66. The zero-order valence-corrected chi connectivity index (χ0v) is 14.9. The maximum Gasteiger partial charge on any atom is 0.224 e. The third-order valence-corrected chi connectivity index (χ3v) is 6.89. The van der Waals surface area contributed by atoms with Crippen molar-refractivity contribution in [3.8, 4) is 0 Å². The smallest absolute Gasteiger partial charge is 0.224 e. The summed E-state index contributed by atoms with van der Waals surface area (Å²) in [5.74, 6) is 2.50. The van der Waals surface area contributed by atoms with Gasteiger partial charge >= 0.3 is 0 Å². The van der Waals surface area contributed by atoms with E-state index in [0.717, 1.165) is 12.1 Å². The van der Waals surface area contributed by atoms with Crippen molar-refractivity contribution in [3.05, 3.63) is 65.2 Å². The molecule has 1 heterocycles. The van der Waals surface area contributed by atoms with Crippen LogP contribution in [0.15, 0.2) is 48.5 Å². The predicted octanol–water partition coefficient (Wildman–Crippen LogP) is 5.04. The highest BCUT2D eigenvalue weighted by Crippen LogP contribution is 2.45. The lowest BCUT2D eigenvalue weighted by atomic mass is 10.1. The molecule has 23 heavy (non-hydrogen) atoms. The maximum absolute atomic E-state index is 12.2. The summed E-state index contributed by atoms with van der Waals surface area (Å²) in [6, 6.07) is 16.6. The Bertz CT molecular complexity index is 681. The number of carbonyl (C=O) groups is 1. The SMILES string of the molecule is Cc1cccc(CCC(=O)Nc2cccc(C3SCCS3)c2)c1. The van der Waals surface area contributed by atoms with Gasteiger partial charge in [-0.1, -0.05) is 42.0 Å². The van der Waals surface area contributed by atoms with Crippen LogP contribution in [-0.2, 0) is 11.2 Å². The summed E-state index contributed by atoms with van der Waals surface area (Å²) < 4.78 is 0.513. The van der Waals surface area contributed by atoms with Crippen molar-refractivity contribution < 1.29 is 4.79 Å². The average molecular weight is 344 g/mol. The van der Waals surface area contributed by atoms with E-state index in [4.69, 9.17) is 0 Å². The molecule has 0 aliphatic carbocycles. The fourth-order valence-electron chi connectivity index (χ4n) is 2.66. The van der Waals surface area contributed by atoms with Gasteiger partial charge in [0.25, 0.3) is 0 Å². The lowest BCUT2D eigenvalue weighted by molar-refractivity contribution is -0.116. The van der Waals surface area contributed by atoms with E-state index in [2.05, 4.69) is 42.6 Å². The van der Waals surface area contributed by atoms with Crippen LogP contribution in [0.4, 0.5) is 5.69 Å². The molecule has 120 valence electrons. The highest BCUT2D eigenvalue weighted by atomic mass is 32.2. The molecule has 0 radical (unpaired) electrons. The summed E-state index contributed by atoms with van der Waals surface area (Å²) in [4.78, 5) is 12.2. The van der Waals surface area contributed by atoms with Crippen molar-refractivity contribution in [1.82, 2.24) is 0 Å². The summed E-state index contributed by atoms with van der Waals surface area (Å²) in [6.45, 7) is 2.08. The van der Waals surface area contributed by atoms with Gasteiger partial charge in [0.15, 0.2) is 0 Å². The van der Waals surface area contributed by atoms with Crippen LogP contribution in [-0.4, -0.2) is 17.4 Å². The van der Waals surface area contributed by atoms with Crippen LogP contribution >= 0.6 is 23.5 Å². The number of hydrogen-bond donors (Lipinski definition) is 1. The van der Waals surface area contributed by atoms with Crippen molar-refractivity contribution in [3.63, 3.8) is 0 Å². The molecule has 3 rings (SSSR count). The van der Waals surface area contributed by atoms with E-state index in [1.54, 1.807) is 0 Å². The molecule has 1 amide bonds. The van der Waals surface area contributed by atoms with Crippen LogP contribution in [0.2, 0.25) is 0 Å². The molecule has 2 aromatic rings. The Labute approximate surface area is 146 Å². The van der Waals surface area contributed by atoms with Gasteiger partial charge in [-0.3, -0.25) is 4.79 Å². The predicted molar refractivity (Wildman–Crippen MR) is 102 cm³/mol. The molecule has 0 saturated carbocycles. The number of hydrogen-bond acceptors (Lipinski definition) is 3. The fourth-order valence-corrected chi connectivity index (χ4v) is 5.50. The van der Waals surface area contributed by atoms with Crippen LogP contribution in [0, 0.1) is 6.92 Å². The van der Waals surface area contributed by atoms with E-state index in [1.165, 1.54) is 28.2 Å². The molecule has 4 heteroatoms. The van der Waals surface area contributed by atoms with E-state index in [1.807, 2.05) is 41.7 Å². The van der Waals surface area contributed by atoms with Crippen molar-refractivity contribution >= 4 is 35.1 Å². The standard InChI is InChI=1S/C19H21NOS2/c1-14-4-2-5-15(12-14)8-9-18(21)20-17-7-3-6-16(13-17)19-22-10-11-23-19/h2-7,12-13,19H,8-11H2,1H3,(H,20,21). The summed E-state index contributed by atoms with van der Waals surface area (Å²) in [6.07, 6.45) is 1.29. The van der Waals surface area contributed by atoms with Crippen LogP contribution in [0.5, 0.6) is 0 Å². The molecule has 0 aromatic heterocycles. The third kappa shape index (κ3) is 4.79. The van der Waals surface area contributed by atoms with Crippen LogP contribution in [0.3, 0.4) is 0 Å². The van der Waals surface area contributed by atoms with Crippen molar-refractivity contribution in [2.75, 3.05) is 16.8 Å². The Balaban J connectivity index is 1.56. The average Bonchev–Trinajstić information content (AvgIpc) is 3.08. The molecule has 1 aliphatic heterocycles. The summed E-state index contributed by atoms with van der Waals surface area (Å²) in [7, 11) is 0. The number of thioether (sulfide) groups is 2. The summed E-state index contributed by atoms with van der Waals surface area (Å²) >= 11 is 3.96. The van der Waals surface area contributed by atoms with Crippen LogP contribution < -0.4 is 5.32 Å². The minimum Gasteiger partial charge on any atom is -0.326 e. The maximum atomic E-state index is 12.2. The number of aryl methyl sites for hydroxylation is 2. The zero-order valence-electron chi connectivity index (χ0n) is 13.2. The van der Waals surface area contributed by atoms with Gasteiger partial charge in [-0.15, -0.1) is 23.5 Å². The molecular formula is C19H21NOS2. The second kappa shape index (κ2) is 7.93. The van der Waals surface area contributed by atoms with E-state index < -0.39 is 0 Å². The van der Waals surface area contributed by atoms with Crippen LogP contribution in [0.1, 0.15) is 27.7 Å². The second-order valence-corrected chi connectivity index (χ2v) is 8.46. The van der Waals surface area contributed by atoms with E-state index in [9.17, 15) is 4.79 Å². The third-order valence-electron chi connectivity index (χ3n) is 3.79. The molecule has 0 atom stereocenters. The second-order valence-electron chi connectivity index (χ2n) is 5.74. The largest absolute Gasteiger partial charge is 0.326 e. The van der Waals surface area contributed by atoms with Gasteiger partial charge < -0.3 is 5.32 Å². The molecule has 1 fully saturated rings. The van der Waals surface area contributed by atoms with Gasteiger partial charge in [-0.2, -0.15) is 0 Å². The van der Waals surface area contributed by atoms with Crippen molar-refractivity contribution in [2.45, 2.75) is 24.3 Å². The first-order valence-electron chi connectivity index (χ1n) is 7.89. The van der Waals surface area contributed by atoms with Gasteiger partial charge in [-0.05, 0) is 36.6 Å². The molecule has 1 saturated heterocycles. The number of nitrogens with one attached hydrogen (secondary N) is 1. The Kier molecular flexibility index (Phi) is 5.68. The monoisotopic (exact) mass is 343 g/mol. The van der Waals surface area contributed by atoms with Gasteiger partial charge in [-0.25, -0.2) is 0 Å². The van der Waals surface area contributed by atoms with Gasteiger partial charge in [0.05, 0.1) is 4.58 Å². The van der Waals surface area contributed by atoms with Gasteiger partial charge in [0.2, 0.25) is 5.91 Å². The number of benzene rings is 2. The van der Waals surface area contributed by atoms with E-state index in [0.29, 0.717) is 11.0 Å². The molecular weight excluding hydrogens is 322 g/mol. The Morgan fingerprint density at radius 2 is 1.91 bits per heavy atom. The first-order valence-corrected chi connectivity index (χ1v) is 9.99. The zero-order chi connectivity index (χ0) is 16.1. The molecule has 1 aliphatic rings. The quantitative estimate of drug-likeness (QED) is 0.824. The highest BCUT2D eigenvalue weighted by Gasteiger charge is 2.18. The lowest BCUT2D eigenvalue weighted by Gasteiger charge is -2.11. The number of anilines is 1. The first-order chi connectivity index (χ1) is 11.2. The molecule has 0 unspecified atom stereocenters. The lowest BCUT2D eigenvalue weighted by Crippen LogP contribution is -2.12. The van der Waals surface area contributed by atoms with Gasteiger partial charge in [0, 0.05) is 23.6 Å². The number of carbonyl (C=O) groups excluding carboxylic acids is 1. The van der Waals surface area contributed by atoms with Crippen molar-refractivity contribution in [2.24, 2.45) is 0 Å². The van der Waals surface area contributed by atoms with Crippen molar-refractivity contribution in [1.29, 1.82) is 0 Å². The topological polar surface area (TPSA) is 29.1 Å². The summed E-state index contributed by atoms with van der Waals surface area (Å²) in [5, 5.41) is 3.03. The fraction of sp³-hybridized carbons (Fsp3) is 0.316.